The van der Waals surface area contributed by atoms with Crippen LogP contribution < -0.4 is 29.6 Å². The molecule has 5 rings (SSSR count). The van der Waals surface area contributed by atoms with E-state index in [-0.39, 0.29) is 5.91 Å². The highest BCUT2D eigenvalue weighted by atomic mass is 16.5. The smallest absolute Gasteiger partial charge is 0.255 e. The van der Waals surface area contributed by atoms with Crippen LogP contribution in [-0.2, 0) is 4.79 Å². The van der Waals surface area contributed by atoms with Gasteiger partial charge in [0.25, 0.3) is 5.91 Å². The molecule has 39 heavy (non-hydrogen) atoms. The molecule has 0 saturated carbocycles. The van der Waals surface area contributed by atoms with Crippen molar-refractivity contribution in [2.45, 2.75) is 13.0 Å². The average molecular weight is 528 g/mol. The van der Waals surface area contributed by atoms with Crippen LogP contribution >= 0.6 is 0 Å². The van der Waals surface area contributed by atoms with Gasteiger partial charge in [0.05, 0.1) is 34.0 Å². The van der Waals surface area contributed by atoms with Gasteiger partial charge in [0.2, 0.25) is 5.95 Å². The van der Waals surface area contributed by atoms with E-state index in [0.29, 0.717) is 51.7 Å². The van der Waals surface area contributed by atoms with E-state index >= 15 is 0 Å². The largest absolute Gasteiger partial charge is 0.497 e. The highest BCUT2D eigenvalue weighted by Gasteiger charge is 2.36. The Labute approximate surface area is 226 Å². The third kappa shape index (κ3) is 4.84. The molecule has 10 heteroatoms. The van der Waals surface area contributed by atoms with Crippen molar-refractivity contribution in [3.63, 3.8) is 0 Å². The van der Waals surface area contributed by atoms with Gasteiger partial charge in [0.1, 0.15) is 17.5 Å². The second-order valence-corrected chi connectivity index (χ2v) is 8.77. The van der Waals surface area contributed by atoms with E-state index in [9.17, 15) is 4.79 Å². The molecule has 1 aromatic heterocycles. The summed E-state index contributed by atoms with van der Waals surface area (Å²) in [4.78, 5) is 18.5. The van der Waals surface area contributed by atoms with E-state index in [1.807, 2.05) is 61.5 Å². The van der Waals surface area contributed by atoms with Crippen LogP contribution in [0.25, 0.3) is 11.4 Å². The van der Waals surface area contributed by atoms with Crippen LogP contribution in [-0.4, -0.2) is 49.1 Å². The second-order valence-electron chi connectivity index (χ2n) is 8.77. The average Bonchev–Trinajstić information content (AvgIpc) is 3.39. The fraction of sp³-hybridized carbons (Fsp3) is 0.207. The first-order valence-corrected chi connectivity index (χ1v) is 12.2. The number of fused-ring (bicyclic) bond motifs is 1. The first-order valence-electron chi connectivity index (χ1n) is 12.2. The molecule has 1 aliphatic rings. The van der Waals surface area contributed by atoms with Crippen LogP contribution in [0.3, 0.4) is 0 Å². The number of benzene rings is 3. The number of aromatic nitrogens is 3. The summed E-state index contributed by atoms with van der Waals surface area (Å²) >= 11 is 0. The van der Waals surface area contributed by atoms with Crippen molar-refractivity contribution in [3.05, 3.63) is 83.6 Å². The summed E-state index contributed by atoms with van der Waals surface area (Å²) in [5, 5.41) is 11.1. The van der Waals surface area contributed by atoms with Gasteiger partial charge in [0, 0.05) is 28.6 Å². The first kappa shape index (κ1) is 25.7. The predicted octanol–water partition coefficient (Wildman–Crippen LogP) is 4.91. The Bertz CT molecular complexity index is 1550. The summed E-state index contributed by atoms with van der Waals surface area (Å²) in [5.74, 6) is 2.99. The van der Waals surface area contributed by atoms with Gasteiger partial charge in [-0.2, -0.15) is 4.98 Å². The van der Waals surface area contributed by atoms with Crippen molar-refractivity contribution in [1.29, 1.82) is 0 Å². The zero-order valence-electron chi connectivity index (χ0n) is 22.3. The van der Waals surface area contributed by atoms with Crippen molar-refractivity contribution in [1.82, 2.24) is 14.8 Å². The van der Waals surface area contributed by atoms with Crippen molar-refractivity contribution in [3.8, 4) is 34.4 Å². The number of hydrogen-bond acceptors (Lipinski definition) is 8. The summed E-state index contributed by atoms with van der Waals surface area (Å²) in [6, 6.07) is 19.6. The highest BCUT2D eigenvalue weighted by Crippen LogP contribution is 2.42. The van der Waals surface area contributed by atoms with Crippen molar-refractivity contribution < 1.29 is 23.7 Å². The van der Waals surface area contributed by atoms with Crippen molar-refractivity contribution in [2.24, 2.45) is 0 Å². The minimum absolute atomic E-state index is 0.275. The molecule has 1 unspecified atom stereocenters. The summed E-state index contributed by atoms with van der Waals surface area (Å²) < 4.78 is 23.7. The van der Waals surface area contributed by atoms with Gasteiger partial charge < -0.3 is 29.6 Å². The third-order valence-corrected chi connectivity index (χ3v) is 6.51. The topological polar surface area (TPSA) is 109 Å². The number of rotatable bonds is 8. The van der Waals surface area contributed by atoms with E-state index in [0.717, 1.165) is 11.1 Å². The highest BCUT2D eigenvalue weighted by molar-refractivity contribution is 6.06. The zero-order chi connectivity index (χ0) is 27.5. The van der Waals surface area contributed by atoms with Gasteiger partial charge in [-0.25, -0.2) is 4.68 Å². The van der Waals surface area contributed by atoms with Crippen LogP contribution in [0.5, 0.6) is 23.0 Å². The van der Waals surface area contributed by atoms with Gasteiger partial charge >= 0.3 is 0 Å². The molecule has 10 nitrogen and oxygen atoms in total. The molecule has 2 N–H and O–H groups in total. The molecule has 4 aromatic rings. The predicted molar refractivity (Wildman–Crippen MR) is 148 cm³/mol. The number of anilines is 2. The Morgan fingerprint density at radius 3 is 2.31 bits per heavy atom. The van der Waals surface area contributed by atoms with Gasteiger partial charge in [-0.15, -0.1) is 5.10 Å². The SMILES string of the molecule is COc1ccc(C2C(C(=O)Nc3ccccc3)=C(C)Nc3nc(-c4ccc(OC)c(OC)c4)nn32)c(OC)c1. The molecular weight excluding hydrogens is 498 g/mol. The monoisotopic (exact) mass is 527 g/mol. The Morgan fingerprint density at radius 2 is 1.62 bits per heavy atom. The quantitative estimate of drug-likeness (QED) is 0.333. The molecule has 0 fully saturated rings. The zero-order valence-corrected chi connectivity index (χ0v) is 22.3. The number of allylic oxidation sites excluding steroid dienone is 1. The first-order chi connectivity index (χ1) is 19.0. The Morgan fingerprint density at radius 1 is 0.872 bits per heavy atom. The number of carbonyl (C=O) groups is 1. The maximum absolute atomic E-state index is 13.8. The number of hydrogen-bond donors (Lipinski definition) is 2. The van der Waals surface area contributed by atoms with E-state index in [1.54, 1.807) is 45.3 Å². The lowest BCUT2D eigenvalue weighted by molar-refractivity contribution is -0.113. The minimum atomic E-state index is -0.646. The number of ether oxygens (including phenoxy) is 4. The molecule has 0 spiro atoms. The fourth-order valence-corrected chi connectivity index (χ4v) is 4.59. The standard InChI is InChI=1S/C29H29N5O5/c1-17-25(28(35)31-19-9-7-6-8-10-19)26(21-13-12-20(36-2)16-23(21)38-4)34-29(30-17)32-27(33-34)18-11-14-22(37-3)24(15-18)39-5/h6-16,26H,1-5H3,(H,31,35)(H,30,32,33). The lowest BCUT2D eigenvalue weighted by atomic mass is 9.94. The second kappa shape index (κ2) is 10.8. The molecule has 0 saturated heterocycles. The number of methoxy groups -OCH3 is 4. The van der Waals surface area contributed by atoms with Crippen molar-refractivity contribution in [2.75, 3.05) is 39.1 Å². The summed E-state index contributed by atoms with van der Waals surface area (Å²) in [7, 11) is 6.33. The number of nitrogens with zero attached hydrogens (tertiary/aromatic N) is 3. The lowest BCUT2D eigenvalue weighted by Crippen LogP contribution is -2.31. The molecule has 1 atom stereocenters. The number of amides is 1. The van der Waals surface area contributed by atoms with Crippen LogP contribution in [0, 0.1) is 0 Å². The normalized spacial score (nSPS) is 14.2. The maximum Gasteiger partial charge on any atom is 0.255 e. The fourth-order valence-electron chi connectivity index (χ4n) is 4.59. The van der Waals surface area contributed by atoms with Crippen LogP contribution in [0.1, 0.15) is 18.5 Å². The lowest BCUT2D eigenvalue weighted by Gasteiger charge is -2.29. The van der Waals surface area contributed by atoms with Crippen LogP contribution in [0.2, 0.25) is 0 Å². The molecule has 1 amide bonds. The van der Waals surface area contributed by atoms with Gasteiger partial charge in [0.15, 0.2) is 17.3 Å². The Kier molecular flexibility index (Phi) is 7.09. The molecule has 0 bridgehead atoms. The number of para-hydroxylation sites is 1. The van der Waals surface area contributed by atoms with E-state index in [2.05, 4.69) is 10.6 Å². The molecule has 0 radical (unpaired) electrons. The van der Waals surface area contributed by atoms with Crippen molar-refractivity contribution >= 4 is 17.5 Å². The molecule has 1 aliphatic heterocycles. The maximum atomic E-state index is 13.8. The minimum Gasteiger partial charge on any atom is -0.497 e. The number of nitrogens with one attached hydrogen (secondary N) is 2. The Balaban J connectivity index is 1.64. The molecule has 3 aromatic carbocycles. The van der Waals surface area contributed by atoms with Crippen LogP contribution in [0.4, 0.5) is 11.6 Å². The molecular formula is C29H29N5O5. The molecule has 2 heterocycles. The summed E-state index contributed by atoms with van der Waals surface area (Å²) in [6.45, 7) is 1.84. The third-order valence-electron chi connectivity index (χ3n) is 6.51. The number of carbonyl (C=O) groups excluding carboxylic acids is 1. The van der Waals surface area contributed by atoms with Gasteiger partial charge in [-0.05, 0) is 49.4 Å². The van der Waals surface area contributed by atoms with Crippen LogP contribution in [0.15, 0.2) is 78.0 Å². The summed E-state index contributed by atoms with van der Waals surface area (Å²) in [6.07, 6.45) is 0. The molecule has 200 valence electrons. The van der Waals surface area contributed by atoms with E-state index in [4.69, 9.17) is 29.0 Å². The Hall–Kier alpha value is -4.99. The summed E-state index contributed by atoms with van der Waals surface area (Å²) in [5.41, 5.74) is 3.24. The van der Waals surface area contributed by atoms with E-state index < -0.39 is 6.04 Å². The van der Waals surface area contributed by atoms with Gasteiger partial charge in [-0.1, -0.05) is 18.2 Å². The molecule has 0 aliphatic carbocycles. The van der Waals surface area contributed by atoms with E-state index in [1.165, 1.54) is 0 Å². The van der Waals surface area contributed by atoms with Gasteiger partial charge in [-0.3, -0.25) is 4.79 Å².